The van der Waals surface area contributed by atoms with E-state index in [1.54, 1.807) is 7.11 Å². The summed E-state index contributed by atoms with van der Waals surface area (Å²) in [7, 11) is 3.56. The van der Waals surface area contributed by atoms with Crippen LogP contribution < -0.4 is 15.8 Å². The molecule has 2 heterocycles. The topological polar surface area (TPSA) is 90.9 Å². The molecule has 0 aliphatic carbocycles. The molecular formula is C16H20N6O. The Kier molecular flexibility index (Phi) is 3.77. The molecule has 7 nitrogen and oxygen atoms in total. The zero-order chi connectivity index (χ0) is 16.6. The van der Waals surface area contributed by atoms with Crippen LogP contribution in [0.3, 0.4) is 0 Å². The van der Waals surface area contributed by atoms with Crippen LogP contribution in [-0.4, -0.2) is 26.6 Å². The van der Waals surface area contributed by atoms with Crippen LogP contribution in [0.2, 0.25) is 0 Å². The number of imidazole rings is 1. The highest BCUT2D eigenvalue weighted by atomic mass is 16.5. The smallest absolute Gasteiger partial charge is 0.224 e. The largest absolute Gasteiger partial charge is 0.497 e. The number of nitrogen functional groups attached to an aromatic ring is 1. The molecule has 0 bridgehead atoms. The molecule has 0 aliphatic heterocycles. The average Bonchev–Trinajstić information content (AvgIpc) is 2.83. The molecule has 1 aromatic carbocycles. The average molecular weight is 312 g/mol. The fourth-order valence-electron chi connectivity index (χ4n) is 2.49. The lowest BCUT2D eigenvalue weighted by Crippen LogP contribution is -2.10. The summed E-state index contributed by atoms with van der Waals surface area (Å²) in [6, 6.07) is 7.92. The number of hydrogen-bond donors (Lipinski definition) is 2. The van der Waals surface area contributed by atoms with Gasteiger partial charge in [-0.2, -0.15) is 9.97 Å². The van der Waals surface area contributed by atoms with Crippen molar-refractivity contribution in [3.63, 3.8) is 0 Å². The number of nitrogens with zero attached hydrogens (tertiary/aromatic N) is 4. The first-order valence-corrected chi connectivity index (χ1v) is 7.36. The molecule has 3 N–H and O–H groups in total. The van der Waals surface area contributed by atoms with Crippen molar-refractivity contribution in [3.05, 3.63) is 35.7 Å². The molecule has 0 spiro atoms. The lowest BCUT2D eigenvalue weighted by molar-refractivity contribution is 0.414. The maximum absolute atomic E-state index is 5.84. The first kappa shape index (κ1) is 15.1. The zero-order valence-electron chi connectivity index (χ0n) is 13.7. The van der Waals surface area contributed by atoms with Gasteiger partial charge < -0.3 is 20.4 Å². The molecule has 3 aromatic rings. The summed E-state index contributed by atoms with van der Waals surface area (Å²) in [6.45, 7) is 3.97. The van der Waals surface area contributed by atoms with E-state index in [1.165, 1.54) is 0 Å². The monoisotopic (exact) mass is 312 g/mol. The SMILES string of the molecule is COc1cccc([C@H](C)Nc2nc(N)nc3c2nc(C)n3C)c1. The molecule has 2 aromatic heterocycles. The number of nitrogens with one attached hydrogen (secondary N) is 1. The van der Waals surface area contributed by atoms with Crippen molar-refractivity contribution >= 4 is 22.9 Å². The van der Waals surface area contributed by atoms with Crippen LogP contribution in [0.15, 0.2) is 24.3 Å². The number of hydrogen-bond acceptors (Lipinski definition) is 6. The predicted molar refractivity (Wildman–Crippen MR) is 90.5 cm³/mol. The van der Waals surface area contributed by atoms with Crippen LogP contribution in [0.5, 0.6) is 5.75 Å². The van der Waals surface area contributed by atoms with Gasteiger partial charge in [0.25, 0.3) is 0 Å². The van der Waals surface area contributed by atoms with Gasteiger partial charge in [0, 0.05) is 7.05 Å². The molecular weight excluding hydrogens is 292 g/mol. The van der Waals surface area contributed by atoms with Gasteiger partial charge in [-0.15, -0.1) is 0 Å². The van der Waals surface area contributed by atoms with Crippen LogP contribution in [0.25, 0.3) is 11.2 Å². The molecule has 0 saturated heterocycles. The molecule has 23 heavy (non-hydrogen) atoms. The van der Waals surface area contributed by atoms with Crippen LogP contribution >= 0.6 is 0 Å². The van der Waals surface area contributed by atoms with Gasteiger partial charge in [0.1, 0.15) is 11.6 Å². The van der Waals surface area contributed by atoms with E-state index in [1.807, 2.05) is 42.8 Å². The predicted octanol–water partition coefficient (Wildman–Crippen LogP) is 2.44. The third kappa shape index (κ3) is 2.77. The highest BCUT2D eigenvalue weighted by Crippen LogP contribution is 2.26. The first-order chi connectivity index (χ1) is 11.0. The van der Waals surface area contributed by atoms with Crippen LogP contribution in [0.1, 0.15) is 24.4 Å². The highest BCUT2D eigenvalue weighted by molar-refractivity contribution is 5.84. The summed E-state index contributed by atoms with van der Waals surface area (Å²) < 4.78 is 7.17. The summed E-state index contributed by atoms with van der Waals surface area (Å²) in [5.74, 6) is 2.53. The van der Waals surface area contributed by atoms with E-state index in [-0.39, 0.29) is 12.0 Å². The Morgan fingerprint density at radius 2 is 2.04 bits per heavy atom. The van der Waals surface area contributed by atoms with E-state index in [2.05, 4.69) is 27.2 Å². The van der Waals surface area contributed by atoms with E-state index < -0.39 is 0 Å². The normalized spacial score (nSPS) is 12.3. The van der Waals surface area contributed by atoms with Gasteiger partial charge in [0.15, 0.2) is 17.0 Å². The van der Waals surface area contributed by atoms with Crippen LogP contribution in [-0.2, 0) is 7.05 Å². The number of aryl methyl sites for hydroxylation is 2. The number of nitrogens with two attached hydrogens (primary N) is 1. The molecule has 0 aliphatic rings. The maximum atomic E-state index is 5.84. The molecule has 7 heteroatoms. The Hall–Kier alpha value is -2.83. The third-order valence-corrected chi connectivity index (χ3v) is 3.91. The summed E-state index contributed by atoms with van der Waals surface area (Å²) in [5.41, 5.74) is 8.36. The van der Waals surface area contributed by atoms with Gasteiger partial charge in [-0.3, -0.25) is 0 Å². The van der Waals surface area contributed by atoms with E-state index in [0.29, 0.717) is 11.3 Å². The number of rotatable bonds is 4. The fourth-order valence-corrected chi connectivity index (χ4v) is 2.49. The summed E-state index contributed by atoms with van der Waals surface area (Å²) in [6.07, 6.45) is 0. The fraction of sp³-hybridized carbons (Fsp3) is 0.312. The first-order valence-electron chi connectivity index (χ1n) is 7.36. The van der Waals surface area contributed by atoms with E-state index in [9.17, 15) is 0 Å². The standard InChI is InChI=1S/C16H20N6O/c1-9(11-6-5-7-12(8-11)23-4)18-14-13-15(21-16(17)20-14)22(3)10(2)19-13/h5-9H,1-4H3,(H3,17,18,20,21)/t9-/m0/s1. The number of aromatic nitrogens is 4. The van der Waals surface area contributed by atoms with Gasteiger partial charge in [-0.1, -0.05) is 12.1 Å². The number of anilines is 2. The maximum Gasteiger partial charge on any atom is 0.224 e. The van der Waals surface area contributed by atoms with Gasteiger partial charge in [-0.25, -0.2) is 4.98 Å². The van der Waals surface area contributed by atoms with E-state index in [4.69, 9.17) is 10.5 Å². The van der Waals surface area contributed by atoms with Crippen molar-refractivity contribution in [1.29, 1.82) is 0 Å². The van der Waals surface area contributed by atoms with Gasteiger partial charge in [0.05, 0.1) is 13.2 Å². The van der Waals surface area contributed by atoms with Gasteiger partial charge in [-0.05, 0) is 31.5 Å². The Labute approximate surface area is 134 Å². The second-order valence-corrected chi connectivity index (χ2v) is 5.46. The molecule has 0 saturated carbocycles. The van der Waals surface area contributed by atoms with Gasteiger partial charge >= 0.3 is 0 Å². The van der Waals surface area contributed by atoms with Crippen LogP contribution in [0.4, 0.5) is 11.8 Å². The number of fused-ring (bicyclic) bond motifs is 1. The van der Waals surface area contributed by atoms with Crippen molar-refractivity contribution < 1.29 is 4.74 Å². The number of benzene rings is 1. The Morgan fingerprint density at radius 1 is 1.26 bits per heavy atom. The quantitative estimate of drug-likeness (QED) is 0.769. The summed E-state index contributed by atoms with van der Waals surface area (Å²) >= 11 is 0. The van der Waals surface area contributed by atoms with Gasteiger partial charge in [0.2, 0.25) is 5.95 Å². The highest BCUT2D eigenvalue weighted by Gasteiger charge is 2.16. The molecule has 120 valence electrons. The number of methoxy groups -OCH3 is 1. The zero-order valence-corrected chi connectivity index (χ0v) is 13.7. The summed E-state index contributed by atoms with van der Waals surface area (Å²) in [5, 5.41) is 3.37. The lowest BCUT2D eigenvalue weighted by atomic mass is 10.1. The Bertz CT molecular complexity index is 857. The minimum absolute atomic E-state index is 0.0184. The minimum atomic E-state index is 0.0184. The summed E-state index contributed by atoms with van der Waals surface area (Å²) in [4.78, 5) is 13.1. The van der Waals surface area contributed by atoms with Crippen molar-refractivity contribution in [2.45, 2.75) is 19.9 Å². The van der Waals surface area contributed by atoms with E-state index in [0.717, 1.165) is 22.8 Å². The van der Waals surface area contributed by atoms with Crippen LogP contribution in [0, 0.1) is 6.92 Å². The van der Waals surface area contributed by atoms with Crippen molar-refractivity contribution in [2.75, 3.05) is 18.2 Å². The minimum Gasteiger partial charge on any atom is -0.497 e. The lowest BCUT2D eigenvalue weighted by Gasteiger charge is -2.16. The molecule has 1 atom stereocenters. The third-order valence-electron chi connectivity index (χ3n) is 3.91. The molecule has 0 radical (unpaired) electrons. The second kappa shape index (κ2) is 5.75. The molecule has 0 unspecified atom stereocenters. The van der Waals surface area contributed by atoms with Crippen molar-refractivity contribution in [1.82, 2.24) is 19.5 Å². The van der Waals surface area contributed by atoms with E-state index >= 15 is 0 Å². The number of ether oxygens (including phenoxy) is 1. The van der Waals surface area contributed by atoms with Crippen molar-refractivity contribution in [2.24, 2.45) is 7.05 Å². The Morgan fingerprint density at radius 3 is 2.78 bits per heavy atom. The molecule has 0 fully saturated rings. The Balaban J connectivity index is 1.98. The van der Waals surface area contributed by atoms with Crippen molar-refractivity contribution in [3.8, 4) is 5.75 Å². The molecule has 3 rings (SSSR count). The second-order valence-electron chi connectivity index (χ2n) is 5.46. The molecule has 0 amide bonds.